The van der Waals surface area contributed by atoms with Crippen LogP contribution in [0.1, 0.15) is 12.8 Å². The maximum atomic E-state index is 11.7. The molecule has 7 nitrogen and oxygen atoms in total. The molecule has 0 aliphatic heterocycles. The van der Waals surface area contributed by atoms with Gasteiger partial charge in [-0.3, -0.25) is 4.79 Å². The molecule has 2 heterocycles. The maximum Gasteiger partial charge on any atom is 0.471 e. The van der Waals surface area contributed by atoms with Gasteiger partial charge in [0.1, 0.15) is 0 Å². The van der Waals surface area contributed by atoms with Crippen LogP contribution in [0, 0.1) is 41.3 Å². The van der Waals surface area contributed by atoms with E-state index in [1.54, 1.807) is 41.1 Å². The van der Waals surface area contributed by atoms with Crippen molar-refractivity contribution >= 4 is 5.91 Å². The van der Waals surface area contributed by atoms with E-state index in [1.165, 1.54) is 0 Å². The number of aromatic nitrogens is 4. The molecule has 2 aromatic heterocycles. The summed E-state index contributed by atoms with van der Waals surface area (Å²) in [6.07, 6.45) is 6.82. The smallest absolute Gasteiger partial charge is 0.471 e. The van der Waals surface area contributed by atoms with Crippen LogP contribution < -0.4 is 5.32 Å². The van der Waals surface area contributed by atoms with Gasteiger partial charge in [0.25, 0.3) is 0 Å². The van der Waals surface area contributed by atoms with E-state index in [1.807, 2.05) is 10.8 Å². The van der Waals surface area contributed by atoms with Gasteiger partial charge in [-0.05, 0) is 6.42 Å². The molecule has 0 saturated carbocycles. The summed E-state index contributed by atoms with van der Waals surface area (Å²) in [6, 6.07) is 0. The van der Waals surface area contributed by atoms with Crippen LogP contribution in [0.5, 0.6) is 0 Å². The van der Waals surface area contributed by atoms with E-state index < -0.39 is 12.1 Å². The minimum absolute atomic E-state index is 0. The molecule has 1 radical (unpaired) electrons. The van der Waals surface area contributed by atoms with E-state index in [4.69, 9.17) is 5.73 Å². The van der Waals surface area contributed by atoms with Gasteiger partial charge in [0, 0.05) is 85.7 Å². The Balaban J connectivity index is 0.000000495. The molecule has 0 fully saturated rings. The number of alkyl halides is 3. The SMILES string of the molecule is O=C(NCCCn1ccnc1)C(F)(F)F.[NH-]CCCn1ccnc1.[Pr]. The van der Waals surface area contributed by atoms with E-state index in [0.717, 1.165) is 13.0 Å². The molecule has 0 saturated heterocycles. The van der Waals surface area contributed by atoms with Gasteiger partial charge in [-0.2, -0.15) is 13.2 Å². The van der Waals surface area contributed by atoms with Crippen LogP contribution in [-0.2, 0) is 17.9 Å². The summed E-state index contributed by atoms with van der Waals surface area (Å²) in [5.41, 5.74) is 6.87. The first-order valence-electron chi connectivity index (χ1n) is 7.34. The first-order chi connectivity index (χ1) is 11.4. The zero-order valence-electron chi connectivity index (χ0n) is 13.6. The van der Waals surface area contributed by atoms with Crippen molar-refractivity contribution in [2.75, 3.05) is 13.1 Å². The Hall–Kier alpha value is -0.996. The molecule has 0 bridgehead atoms. The van der Waals surface area contributed by atoms with E-state index in [2.05, 4.69) is 9.97 Å². The van der Waals surface area contributed by atoms with Crippen LogP contribution in [0.3, 0.4) is 0 Å². The fourth-order valence-electron chi connectivity index (χ4n) is 1.66. The third kappa shape index (κ3) is 11.3. The summed E-state index contributed by atoms with van der Waals surface area (Å²) in [5.74, 6) is -1.90. The number of nitrogens with zero attached hydrogens (tertiary/aromatic N) is 4. The monoisotopic (exact) mass is 486 g/mol. The van der Waals surface area contributed by atoms with Crippen molar-refractivity contribution in [3.05, 3.63) is 43.2 Å². The summed E-state index contributed by atoms with van der Waals surface area (Å²) in [7, 11) is 0. The molecule has 0 atom stereocenters. The number of carbonyl (C=O) groups excluding carboxylic acids is 1. The van der Waals surface area contributed by atoms with Crippen molar-refractivity contribution in [3.63, 3.8) is 0 Å². The van der Waals surface area contributed by atoms with Gasteiger partial charge < -0.3 is 20.2 Å². The summed E-state index contributed by atoms with van der Waals surface area (Å²) in [4.78, 5) is 18.0. The molecule has 0 spiro atoms. The van der Waals surface area contributed by atoms with Crippen LogP contribution in [0.15, 0.2) is 37.4 Å². The van der Waals surface area contributed by atoms with E-state index in [-0.39, 0.29) is 47.8 Å². The van der Waals surface area contributed by atoms with Gasteiger partial charge in [-0.15, -0.1) is 6.54 Å². The van der Waals surface area contributed by atoms with Crippen LogP contribution in [0.25, 0.3) is 5.73 Å². The molecule has 2 rings (SSSR count). The number of carbonyl (C=O) groups is 1. The van der Waals surface area contributed by atoms with Crippen molar-refractivity contribution in [1.29, 1.82) is 0 Å². The third-order valence-corrected chi connectivity index (χ3v) is 2.85. The molecule has 0 unspecified atom stereocenters. The Labute approximate surface area is 177 Å². The van der Waals surface area contributed by atoms with Gasteiger partial charge in [-0.25, -0.2) is 9.97 Å². The molecule has 0 aromatic carbocycles. The fourth-order valence-corrected chi connectivity index (χ4v) is 1.66. The van der Waals surface area contributed by atoms with Crippen molar-refractivity contribution in [2.45, 2.75) is 32.1 Å². The molecular formula is C14H20F3N6OPr-. The Morgan fingerprint density at radius 1 is 1.04 bits per heavy atom. The van der Waals surface area contributed by atoms with E-state index >= 15 is 0 Å². The van der Waals surface area contributed by atoms with Crippen molar-refractivity contribution in [3.8, 4) is 0 Å². The second kappa shape index (κ2) is 13.2. The Kier molecular flexibility index (Phi) is 12.7. The number of imidazole rings is 2. The summed E-state index contributed by atoms with van der Waals surface area (Å²) in [5, 5.41) is 1.79. The van der Waals surface area contributed by atoms with Gasteiger partial charge >= 0.3 is 12.1 Å². The number of rotatable bonds is 7. The zero-order valence-corrected chi connectivity index (χ0v) is 17.3. The molecule has 2 aromatic rings. The number of amides is 1. The van der Waals surface area contributed by atoms with Gasteiger partial charge in [-0.1, -0.05) is 6.42 Å². The van der Waals surface area contributed by atoms with Gasteiger partial charge in [0.05, 0.1) is 12.7 Å². The van der Waals surface area contributed by atoms with Crippen molar-refractivity contribution in [2.24, 2.45) is 0 Å². The average Bonchev–Trinajstić information content (AvgIpc) is 3.22. The molecule has 0 aliphatic carbocycles. The molecule has 0 aliphatic rings. The molecule has 25 heavy (non-hydrogen) atoms. The maximum absolute atomic E-state index is 11.7. The number of halogens is 3. The topological polar surface area (TPSA) is 88.5 Å². The van der Waals surface area contributed by atoms with Gasteiger partial charge in [0.2, 0.25) is 0 Å². The Morgan fingerprint density at radius 3 is 1.96 bits per heavy atom. The van der Waals surface area contributed by atoms with Crippen LogP contribution in [0.2, 0.25) is 0 Å². The Morgan fingerprint density at radius 2 is 1.56 bits per heavy atom. The number of aryl methyl sites for hydroxylation is 2. The van der Waals surface area contributed by atoms with E-state index in [0.29, 0.717) is 19.5 Å². The van der Waals surface area contributed by atoms with Gasteiger partial charge in [0.15, 0.2) is 0 Å². The number of nitrogens with one attached hydrogen (secondary N) is 2. The normalized spacial score (nSPS) is 10.4. The predicted octanol–water partition coefficient (Wildman–Crippen LogP) is 2.28. The first kappa shape index (κ1) is 24.0. The van der Waals surface area contributed by atoms with Crippen molar-refractivity contribution < 1.29 is 59.3 Å². The summed E-state index contributed by atoms with van der Waals surface area (Å²) >= 11 is 0. The van der Waals surface area contributed by atoms with Crippen molar-refractivity contribution in [1.82, 2.24) is 24.4 Å². The molecular weight excluding hydrogens is 466 g/mol. The quantitative estimate of drug-likeness (QED) is 0.610. The molecule has 137 valence electrons. The largest absolute Gasteiger partial charge is 0.677 e. The molecule has 2 N–H and O–H groups in total. The number of hydrogen-bond donors (Lipinski definition) is 1. The van der Waals surface area contributed by atoms with Crippen LogP contribution >= 0.6 is 0 Å². The Bertz CT molecular complexity index is 560. The number of hydrogen-bond acceptors (Lipinski definition) is 3. The predicted molar refractivity (Wildman–Crippen MR) is 81.9 cm³/mol. The second-order valence-corrected chi connectivity index (χ2v) is 4.81. The summed E-state index contributed by atoms with van der Waals surface area (Å²) in [6.45, 7) is 1.94. The van der Waals surface area contributed by atoms with E-state index in [9.17, 15) is 18.0 Å². The van der Waals surface area contributed by atoms with Crippen LogP contribution in [0.4, 0.5) is 13.2 Å². The third-order valence-electron chi connectivity index (χ3n) is 2.85. The molecule has 11 heteroatoms. The summed E-state index contributed by atoms with van der Waals surface area (Å²) < 4.78 is 38.9. The fraction of sp³-hybridized carbons (Fsp3) is 0.500. The first-order valence-corrected chi connectivity index (χ1v) is 7.34. The zero-order chi connectivity index (χ0) is 17.8. The average molecular weight is 486 g/mol. The molecule has 1 amide bonds. The second-order valence-electron chi connectivity index (χ2n) is 4.81. The minimum Gasteiger partial charge on any atom is -0.677 e. The standard InChI is InChI=1S/C8H10F3N3O.C6H10N3.Pr/c9-8(10,11)7(15)13-2-1-4-14-5-3-12-6-14;7-2-1-4-9-5-3-8-6-9;/h3,5-6H,1-2,4H2,(H,13,15);3,5-7H,1-2,4H2;/q;-1;. The van der Waals surface area contributed by atoms with Crippen LogP contribution in [-0.4, -0.2) is 44.3 Å². The minimum atomic E-state index is -4.80.